The maximum Gasteiger partial charge on any atom is 0.122 e. The molecular formula is C17H22N4. The molecule has 0 fully saturated rings. The van der Waals surface area contributed by atoms with E-state index < -0.39 is 0 Å². The normalized spacial score (nSPS) is 26.0. The summed E-state index contributed by atoms with van der Waals surface area (Å²) in [7, 11) is 0. The molecule has 0 saturated heterocycles. The molecule has 2 aromatic rings. The van der Waals surface area contributed by atoms with Crippen LogP contribution in [0.1, 0.15) is 35.8 Å². The number of benzene rings is 1. The molecule has 4 rings (SSSR count). The third-order valence-corrected chi connectivity index (χ3v) is 5.02. The van der Waals surface area contributed by atoms with Crippen LogP contribution < -0.4 is 5.73 Å². The van der Waals surface area contributed by atoms with E-state index in [1.807, 2.05) is 6.20 Å². The van der Waals surface area contributed by atoms with Gasteiger partial charge in [0.15, 0.2) is 0 Å². The molecule has 4 nitrogen and oxygen atoms in total. The van der Waals surface area contributed by atoms with Gasteiger partial charge in [-0.15, -0.1) is 0 Å². The van der Waals surface area contributed by atoms with Crippen molar-refractivity contribution in [2.45, 2.75) is 44.4 Å². The van der Waals surface area contributed by atoms with Gasteiger partial charge in [-0.2, -0.15) is 0 Å². The number of imidazole rings is 1. The highest BCUT2D eigenvalue weighted by Crippen LogP contribution is 2.31. The lowest BCUT2D eigenvalue weighted by Crippen LogP contribution is -2.46. The average Bonchev–Trinajstić information content (AvgIpc) is 2.92. The van der Waals surface area contributed by atoms with Gasteiger partial charge >= 0.3 is 0 Å². The first-order chi connectivity index (χ1) is 10.3. The van der Waals surface area contributed by atoms with Gasteiger partial charge in [0.25, 0.3) is 0 Å². The number of fused-ring (bicyclic) bond motifs is 2. The van der Waals surface area contributed by atoms with Gasteiger partial charge in [0.2, 0.25) is 0 Å². The van der Waals surface area contributed by atoms with Crippen LogP contribution in [-0.4, -0.2) is 27.0 Å². The summed E-state index contributed by atoms with van der Waals surface area (Å²) in [5.74, 6) is 1.17. The smallest absolute Gasteiger partial charge is 0.122 e. The topological polar surface area (TPSA) is 47.1 Å². The standard InChI is InChI=1S/C17H22N4/c18-17-14-6-2-1-4-13(14)5-3-7-15(17)21-11-10-20-9-8-19-16(20)12-21/h1-2,4,6,8-9,15,17H,3,5,7,10-12,18H2. The van der Waals surface area contributed by atoms with Gasteiger partial charge in [-0.3, -0.25) is 4.90 Å². The predicted molar refractivity (Wildman–Crippen MR) is 82.7 cm³/mol. The van der Waals surface area contributed by atoms with Gasteiger partial charge in [0.05, 0.1) is 6.54 Å². The predicted octanol–water partition coefficient (Wildman–Crippen LogP) is 2.10. The molecule has 0 saturated carbocycles. The Balaban J connectivity index is 1.61. The van der Waals surface area contributed by atoms with E-state index in [2.05, 4.69) is 44.9 Å². The van der Waals surface area contributed by atoms with Gasteiger partial charge in [-0.25, -0.2) is 4.98 Å². The fourth-order valence-corrected chi connectivity index (χ4v) is 3.86. The maximum absolute atomic E-state index is 6.65. The van der Waals surface area contributed by atoms with Gasteiger partial charge in [-0.1, -0.05) is 24.3 Å². The Hall–Kier alpha value is -1.65. The maximum atomic E-state index is 6.65. The quantitative estimate of drug-likeness (QED) is 0.815. The van der Waals surface area contributed by atoms with Crippen LogP contribution in [-0.2, 0) is 19.5 Å². The minimum atomic E-state index is 0.116. The zero-order valence-corrected chi connectivity index (χ0v) is 12.3. The van der Waals surface area contributed by atoms with Crippen LogP contribution >= 0.6 is 0 Å². The Morgan fingerprint density at radius 3 is 3.05 bits per heavy atom. The van der Waals surface area contributed by atoms with Crippen LogP contribution in [0.2, 0.25) is 0 Å². The molecular weight excluding hydrogens is 260 g/mol. The van der Waals surface area contributed by atoms with Crippen molar-refractivity contribution in [3.63, 3.8) is 0 Å². The minimum absolute atomic E-state index is 0.116. The van der Waals surface area contributed by atoms with Crippen molar-refractivity contribution in [1.29, 1.82) is 0 Å². The molecule has 0 amide bonds. The first kappa shape index (κ1) is 13.0. The van der Waals surface area contributed by atoms with Crippen molar-refractivity contribution < 1.29 is 0 Å². The van der Waals surface area contributed by atoms with Crippen LogP contribution in [0.15, 0.2) is 36.7 Å². The Morgan fingerprint density at radius 1 is 1.19 bits per heavy atom. The second-order valence-electron chi connectivity index (χ2n) is 6.19. The summed E-state index contributed by atoms with van der Waals surface area (Å²) in [6.45, 7) is 3.03. The highest BCUT2D eigenvalue weighted by atomic mass is 15.3. The Bertz CT molecular complexity index is 633. The van der Waals surface area contributed by atoms with Crippen molar-refractivity contribution in [3.05, 3.63) is 53.6 Å². The van der Waals surface area contributed by atoms with Crippen LogP contribution in [0.5, 0.6) is 0 Å². The van der Waals surface area contributed by atoms with E-state index >= 15 is 0 Å². The van der Waals surface area contributed by atoms with Crippen molar-refractivity contribution in [3.8, 4) is 0 Å². The number of aromatic nitrogens is 2. The molecule has 2 heterocycles. The monoisotopic (exact) mass is 282 g/mol. The Kier molecular flexibility index (Phi) is 3.28. The molecule has 1 aromatic heterocycles. The summed E-state index contributed by atoms with van der Waals surface area (Å²) < 4.78 is 2.26. The highest BCUT2D eigenvalue weighted by Gasteiger charge is 2.31. The van der Waals surface area contributed by atoms with Crippen LogP contribution in [0.3, 0.4) is 0 Å². The van der Waals surface area contributed by atoms with E-state index in [1.165, 1.54) is 29.8 Å². The lowest BCUT2D eigenvalue weighted by molar-refractivity contribution is 0.125. The Labute approximate surface area is 125 Å². The van der Waals surface area contributed by atoms with E-state index in [0.717, 1.165) is 26.1 Å². The van der Waals surface area contributed by atoms with Crippen molar-refractivity contribution >= 4 is 0 Å². The number of hydrogen-bond donors (Lipinski definition) is 1. The zero-order valence-electron chi connectivity index (χ0n) is 12.3. The summed E-state index contributed by atoms with van der Waals surface area (Å²) in [5, 5.41) is 0. The summed E-state index contributed by atoms with van der Waals surface area (Å²) in [5.41, 5.74) is 9.43. The largest absolute Gasteiger partial charge is 0.333 e. The molecule has 1 aliphatic carbocycles. The molecule has 2 N–H and O–H groups in total. The number of aryl methyl sites for hydroxylation is 1. The molecule has 21 heavy (non-hydrogen) atoms. The molecule has 1 aliphatic heterocycles. The number of rotatable bonds is 1. The number of nitrogens with zero attached hydrogens (tertiary/aromatic N) is 3. The number of hydrogen-bond acceptors (Lipinski definition) is 3. The average molecular weight is 282 g/mol. The third kappa shape index (κ3) is 2.28. The lowest BCUT2D eigenvalue weighted by Gasteiger charge is -2.37. The molecule has 2 unspecified atom stereocenters. The van der Waals surface area contributed by atoms with Crippen molar-refractivity contribution in [1.82, 2.24) is 14.5 Å². The molecule has 4 heteroatoms. The molecule has 2 aliphatic rings. The van der Waals surface area contributed by atoms with Crippen molar-refractivity contribution in [2.24, 2.45) is 5.73 Å². The van der Waals surface area contributed by atoms with E-state index in [9.17, 15) is 0 Å². The second kappa shape index (κ2) is 5.28. The molecule has 0 bridgehead atoms. The summed E-state index contributed by atoms with van der Waals surface area (Å²) in [6.07, 6.45) is 7.54. The molecule has 0 spiro atoms. The Morgan fingerprint density at radius 2 is 2.10 bits per heavy atom. The summed E-state index contributed by atoms with van der Waals surface area (Å²) >= 11 is 0. The molecule has 2 atom stereocenters. The minimum Gasteiger partial charge on any atom is -0.333 e. The van der Waals surface area contributed by atoms with Crippen LogP contribution in [0, 0.1) is 0 Å². The van der Waals surface area contributed by atoms with E-state index in [0.29, 0.717) is 6.04 Å². The summed E-state index contributed by atoms with van der Waals surface area (Å²) in [6, 6.07) is 9.24. The third-order valence-electron chi connectivity index (χ3n) is 5.02. The first-order valence-electron chi connectivity index (χ1n) is 7.90. The van der Waals surface area contributed by atoms with Gasteiger partial charge in [0, 0.05) is 37.6 Å². The number of nitrogens with two attached hydrogens (primary N) is 1. The fourth-order valence-electron chi connectivity index (χ4n) is 3.86. The molecule has 110 valence electrons. The van der Waals surface area contributed by atoms with Crippen LogP contribution in [0.4, 0.5) is 0 Å². The van der Waals surface area contributed by atoms with Crippen molar-refractivity contribution in [2.75, 3.05) is 6.54 Å². The van der Waals surface area contributed by atoms with E-state index in [4.69, 9.17) is 5.73 Å². The lowest BCUT2D eigenvalue weighted by atomic mass is 9.95. The van der Waals surface area contributed by atoms with Gasteiger partial charge < -0.3 is 10.3 Å². The van der Waals surface area contributed by atoms with E-state index in [1.54, 1.807) is 0 Å². The van der Waals surface area contributed by atoms with Gasteiger partial charge in [0.1, 0.15) is 5.82 Å². The highest BCUT2D eigenvalue weighted by molar-refractivity contribution is 5.32. The SMILES string of the molecule is NC1c2ccccc2CCCC1N1CCn2ccnc2C1. The summed E-state index contributed by atoms with van der Waals surface area (Å²) in [4.78, 5) is 7.01. The van der Waals surface area contributed by atoms with E-state index in [-0.39, 0.29) is 6.04 Å². The fraction of sp³-hybridized carbons (Fsp3) is 0.471. The van der Waals surface area contributed by atoms with Crippen LogP contribution in [0.25, 0.3) is 0 Å². The second-order valence-corrected chi connectivity index (χ2v) is 6.19. The molecule has 1 aromatic carbocycles. The first-order valence-corrected chi connectivity index (χ1v) is 7.90. The van der Waals surface area contributed by atoms with Gasteiger partial charge in [-0.05, 0) is 30.4 Å². The zero-order chi connectivity index (χ0) is 14.2. The molecule has 0 radical (unpaired) electrons.